The molecule has 0 fully saturated rings. The van der Waals surface area contributed by atoms with Crippen molar-refractivity contribution in [1.82, 2.24) is 0 Å². The molecule has 0 bridgehead atoms. The molecular formula is C30H23F17O4S2. The second-order valence-electron chi connectivity index (χ2n) is 10.5. The van der Waals surface area contributed by atoms with E-state index in [0.29, 0.717) is 0 Å². The Morgan fingerprint density at radius 1 is 0.528 bits per heavy atom. The Morgan fingerprint density at radius 3 is 1.21 bits per heavy atom. The zero-order chi connectivity index (χ0) is 41.1. The molecule has 0 amide bonds. The maximum Gasteiger partial charge on any atom is 0.460 e. The SMILES string of the molecule is CCCCOc1ccc([S+](c2ccccc2)c2ccccc2)cc1.O=S(=O)([O-])C(F)(F)C(F)(F)C(F)(F)C(F)(F)C(F)(F)C(F)(F)C(F)(F)C(F)(F)F. The molecule has 0 spiro atoms. The predicted molar refractivity (Wildman–Crippen MR) is 152 cm³/mol. The Kier molecular flexibility index (Phi) is 13.5. The molecule has 53 heavy (non-hydrogen) atoms. The van der Waals surface area contributed by atoms with Crippen molar-refractivity contribution in [1.29, 1.82) is 0 Å². The standard InChI is InChI=1S/C22H23OS.C8HF17O3S/c1-2-3-18-23-19-14-16-22(17-15-19)24(20-10-6-4-7-11-20)21-12-8-5-9-13-21;9-1(10,3(13,14)5(17,18)7(21,22)23)2(11,12)4(15,16)6(19,20)8(24,25)29(26,27)28/h4-17H,2-3,18H2,1H3;(H,26,27,28)/q+1;/p-1. The van der Waals surface area contributed by atoms with Crippen molar-refractivity contribution in [2.45, 2.75) is 81.4 Å². The van der Waals surface area contributed by atoms with E-state index in [-0.39, 0.29) is 10.9 Å². The summed E-state index contributed by atoms with van der Waals surface area (Å²) in [6.45, 7) is 2.97. The molecule has 3 aromatic carbocycles. The molecule has 0 heterocycles. The van der Waals surface area contributed by atoms with E-state index in [9.17, 15) is 87.6 Å². The van der Waals surface area contributed by atoms with Gasteiger partial charge in [0.1, 0.15) is 5.75 Å². The Labute approximate surface area is 292 Å². The lowest BCUT2D eigenvalue weighted by atomic mass is 9.91. The number of benzene rings is 3. The van der Waals surface area contributed by atoms with E-state index in [1.165, 1.54) is 14.7 Å². The smallest absolute Gasteiger partial charge is 0.460 e. The monoisotopic (exact) mass is 834 g/mol. The number of ether oxygens (including phenoxy) is 1. The highest BCUT2D eigenvalue weighted by Gasteiger charge is 2.95. The van der Waals surface area contributed by atoms with E-state index < -0.39 is 57.1 Å². The molecule has 0 radical (unpaired) electrons. The van der Waals surface area contributed by atoms with Crippen molar-refractivity contribution in [3.05, 3.63) is 84.9 Å². The van der Waals surface area contributed by atoms with Crippen LogP contribution in [0.2, 0.25) is 0 Å². The molecule has 23 heteroatoms. The van der Waals surface area contributed by atoms with Crippen molar-refractivity contribution in [2.24, 2.45) is 0 Å². The van der Waals surface area contributed by atoms with Crippen LogP contribution in [-0.4, -0.2) is 66.5 Å². The summed E-state index contributed by atoms with van der Waals surface area (Å²) in [7, 11) is -8.23. The molecule has 0 aliphatic carbocycles. The first kappa shape index (κ1) is 45.7. The number of hydrogen-bond acceptors (Lipinski definition) is 4. The van der Waals surface area contributed by atoms with Crippen molar-refractivity contribution in [3.8, 4) is 5.75 Å². The molecule has 0 unspecified atom stereocenters. The predicted octanol–water partition coefficient (Wildman–Crippen LogP) is 10.5. The summed E-state index contributed by atoms with van der Waals surface area (Å²) >= 11 is 0. The highest BCUT2D eigenvalue weighted by Crippen LogP contribution is 2.64. The van der Waals surface area contributed by atoms with Gasteiger partial charge >= 0.3 is 47.0 Å². The minimum Gasteiger partial charge on any atom is -0.743 e. The Hall–Kier alpha value is -3.47. The van der Waals surface area contributed by atoms with Crippen LogP contribution < -0.4 is 4.74 Å². The maximum absolute atomic E-state index is 13.0. The number of halogens is 17. The van der Waals surface area contributed by atoms with Crippen molar-refractivity contribution in [2.75, 3.05) is 6.61 Å². The average molecular weight is 835 g/mol. The van der Waals surface area contributed by atoms with Gasteiger partial charge in [-0.1, -0.05) is 49.7 Å². The van der Waals surface area contributed by atoms with Crippen LogP contribution in [0.1, 0.15) is 19.8 Å². The summed E-state index contributed by atoms with van der Waals surface area (Å²) in [5.74, 6) is -51.2. The van der Waals surface area contributed by atoms with Crippen molar-refractivity contribution in [3.63, 3.8) is 0 Å². The zero-order valence-electron chi connectivity index (χ0n) is 26.1. The van der Waals surface area contributed by atoms with Gasteiger partial charge in [-0.3, -0.25) is 0 Å². The molecule has 0 N–H and O–H groups in total. The van der Waals surface area contributed by atoms with Gasteiger partial charge in [-0.2, -0.15) is 74.6 Å². The van der Waals surface area contributed by atoms with Crippen LogP contribution in [0.15, 0.2) is 99.6 Å². The van der Waals surface area contributed by atoms with Crippen molar-refractivity contribution < 1.29 is 92.3 Å². The fourth-order valence-electron chi connectivity index (χ4n) is 3.83. The van der Waals surface area contributed by atoms with Gasteiger partial charge in [-0.25, -0.2) is 8.42 Å². The van der Waals surface area contributed by atoms with E-state index in [2.05, 4.69) is 91.9 Å². The summed E-state index contributed by atoms with van der Waals surface area (Å²) in [5, 5.41) is -7.95. The van der Waals surface area contributed by atoms with Crippen LogP contribution in [0.5, 0.6) is 5.75 Å². The van der Waals surface area contributed by atoms with Crippen LogP contribution in [0, 0.1) is 0 Å². The Morgan fingerprint density at radius 2 is 0.868 bits per heavy atom. The molecule has 3 rings (SSSR count). The highest BCUT2D eigenvalue weighted by atomic mass is 32.2. The first-order chi connectivity index (χ1) is 23.9. The van der Waals surface area contributed by atoms with Crippen molar-refractivity contribution >= 4 is 21.0 Å². The minimum absolute atomic E-state index is 0.0858. The van der Waals surface area contributed by atoms with Crippen LogP contribution in [0.3, 0.4) is 0 Å². The van der Waals surface area contributed by atoms with Gasteiger partial charge in [-0.05, 0) is 55.0 Å². The molecular weight excluding hydrogens is 811 g/mol. The fourth-order valence-corrected chi connectivity index (χ4v) is 6.36. The van der Waals surface area contributed by atoms with Crippen LogP contribution in [0.25, 0.3) is 0 Å². The summed E-state index contributed by atoms with van der Waals surface area (Å²) < 4.78 is 250. The molecule has 3 aromatic rings. The van der Waals surface area contributed by atoms with Gasteiger partial charge in [0.05, 0.1) is 17.5 Å². The second-order valence-corrected chi connectivity index (χ2v) is 14.0. The Balaban J connectivity index is 0.000000371. The molecule has 0 saturated heterocycles. The maximum atomic E-state index is 13.0. The van der Waals surface area contributed by atoms with Gasteiger partial charge in [0.15, 0.2) is 24.8 Å². The molecule has 0 aliphatic heterocycles. The van der Waals surface area contributed by atoms with Gasteiger partial charge in [-0.15, -0.1) is 0 Å². The third-order valence-electron chi connectivity index (χ3n) is 6.79. The first-order valence-electron chi connectivity index (χ1n) is 14.1. The number of rotatable bonds is 14. The normalized spacial score (nSPS) is 14.1. The number of alkyl halides is 17. The Bertz CT molecular complexity index is 1700. The lowest BCUT2D eigenvalue weighted by Gasteiger charge is -2.42. The van der Waals surface area contributed by atoms with Gasteiger partial charge < -0.3 is 9.29 Å². The van der Waals surface area contributed by atoms with Crippen LogP contribution >= 0.6 is 0 Å². The summed E-state index contributed by atoms with van der Waals surface area (Å²) in [6, 6.07) is 30.0. The summed E-state index contributed by atoms with van der Waals surface area (Å²) in [4.78, 5) is 3.99. The lowest BCUT2D eigenvalue weighted by molar-refractivity contribution is -0.458. The van der Waals surface area contributed by atoms with Crippen LogP contribution in [0.4, 0.5) is 74.6 Å². The quantitative estimate of drug-likeness (QED) is 0.0702. The van der Waals surface area contributed by atoms with E-state index in [1.54, 1.807) is 0 Å². The minimum atomic E-state index is -8.92. The molecule has 0 aliphatic rings. The molecule has 0 saturated carbocycles. The molecule has 4 nitrogen and oxygen atoms in total. The zero-order valence-corrected chi connectivity index (χ0v) is 27.7. The summed E-state index contributed by atoms with van der Waals surface area (Å²) in [6.07, 6.45) is -5.64. The molecule has 298 valence electrons. The highest BCUT2D eigenvalue weighted by molar-refractivity contribution is 7.97. The van der Waals surface area contributed by atoms with E-state index >= 15 is 0 Å². The fraction of sp³-hybridized carbons (Fsp3) is 0.400. The topological polar surface area (TPSA) is 66.4 Å². The molecule has 0 atom stereocenters. The van der Waals surface area contributed by atoms with Gasteiger partial charge in [0, 0.05) is 0 Å². The first-order valence-corrected chi connectivity index (χ1v) is 16.8. The lowest BCUT2D eigenvalue weighted by Crippen LogP contribution is -2.75. The van der Waals surface area contributed by atoms with E-state index in [0.717, 1.165) is 25.2 Å². The molecule has 0 aromatic heterocycles. The summed E-state index contributed by atoms with van der Waals surface area (Å²) in [5.41, 5.74) is 0. The van der Waals surface area contributed by atoms with Gasteiger partial charge in [0.25, 0.3) is 0 Å². The van der Waals surface area contributed by atoms with E-state index in [1.807, 2.05) is 0 Å². The van der Waals surface area contributed by atoms with Gasteiger partial charge in [0.2, 0.25) is 0 Å². The largest absolute Gasteiger partial charge is 0.743 e. The third-order valence-corrected chi connectivity index (χ3v) is 9.91. The van der Waals surface area contributed by atoms with E-state index in [4.69, 9.17) is 4.74 Å². The average Bonchev–Trinajstić information content (AvgIpc) is 3.05. The van der Waals surface area contributed by atoms with Crippen LogP contribution in [-0.2, 0) is 21.0 Å². The third kappa shape index (κ3) is 8.45. The second kappa shape index (κ2) is 15.7. The number of unbranched alkanes of at least 4 members (excludes halogenated alkanes) is 1. The number of hydrogen-bond donors (Lipinski definition) is 0.